The Morgan fingerprint density at radius 1 is 1.02 bits per heavy atom. The van der Waals surface area contributed by atoms with Crippen LogP contribution >= 0.6 is 33.3 Å². The van der Waals surface area contributed by atoms with Gasteiger partial charge in [0.25, 0.3) is 0 Å². The molecule has 7 nitrogen and oxygen atoms in total. The van der Waals surface area contributed by atoms with E-state index in [1.54, 1.807) is 18.5 Å². The molecule has 10 heteroatoms. The van der Waals surface area contributed by atoms with Crippen LogP contribution in [0.25, 0.3) is 0 Å². The molecule has 44 heavy (non-hydrogen) atoms. The molecule has 2 amide bonds. The fraction of sp³-hybridized carbons (Fsp3) is 0.618. The zero-order valence-electron chi connectivity index (χ0n) is 27.5. The highest BCUT2D eigenvalue weighted by atomic mass is 33.1. The van der Waals surface area contributed by atoms with Gasteiger partial charge in [-0.1, -0.05) is 94.3 Å². The third-order valence-electron chi connectivity index (χ3n) is 5.40. The lowest BCUT2D eigenvalue weighted by Crippen LogP contribution is -2.36. The maximum Gasteiger partial charge on any atom is 0.315 e. The second-order valence-corrected chi connectivity index (χ2v) is 15.6. The molecule has 252 valence electrons. The molecular weight excluding hydrogens is 611 g/mol. The van der Waals surface area contributed by atoms with E-state index in [0.29, 0.717) is 17.4 Å². The van der Waals surface area contributed by atoms with E-state index < -0.39 is 0 Å². The molecule has 0 aliphatic carbocycles. The minimum Gasteiger partial charge on any atom is -0.508 e. The molecule has 2 fully saturated rings. The van der Waals surface area contributed by atoms with E-state index in [-0.39, 0.29) is 37.6 Å². The van der Waals surface area contributed by atoms with Crippen molar-refractivity contribution >= 4 is 45.4 Å². The van der Waals surface area contributed by atoms with Crippen molar-refractivity contribution < 1.29 is 19.4 Å². The third kappa shape index (κ3) is 24.3. The normalized spacial score (nSPS) is 17.5. The summed E-state index contributed by atoms with van der Waals surface area (Å²) in [6.45, 7) is 16.5. The lowest BCUT2D eigenvalue weighted by Gasteiger charge is -2.16. The molecule has 4 rings (SSSR count). The standard InChI is InChI=1S/C13H22N2O3S.C7H8O.C5H5N.C4H10S2.C4H10.CH4/c1-8(2)18-11(16)6-4-3-5-10-12-9(7-19-10)14-13(17)15-12;1-6-4-2-3-5-7(6)8;1-2-4-6-5-3-1;1-4(2)6-5-3;1-4(2)3;/h8-10,12H,3-7H2,1-2H3,(H2,14,15,17);2-5,8H,1H3;1-5H;4H,1-3H3;4H,1-3H3;1H4/t9-,10-,12-;;;;;/m0...../s1. The molecule has 1 aromatic carbocycles. The summed E-state index contributed by atoms with van der Waals surface area (Å²) in [6, 6.07) is 13.5. The number of amides is 2. The topological polar surface area (TPSA) is 101 Å². The number of urea groups is 1. The fourth-order valence-electron chi connectivity index (χ4n) is 3.65. The quantitative estimate of drug-likeness (QED) is 0.111. The Kier molecular flexibility index (Phi) is 27.3. The number of para-hydroxylation sites is 1. The molecule has 0 bridgehead atoms. The number of carbonyl (C=O) groups excluding carboxylic acids is 2. The average Bonchev–Trinajstić information content (AvgIpc) is 3.49. The molecule has 0 radical (unpaired) electrons. The van der Waals surface area contributed by atoms with Gasteiger partial charge < -0.3 is 20.5 Å². The number of hydrogen-bond donors (Lipinski definition) is 3. The fourth-order valence-corrected chi connectivity index (χ4v) is 6.73. The van der Waals surface area contributed by atoms with E-state index in [2.05, 4.69) is 56.5 Å². The summed E-state index contributed by atoms with van der Waals surface area (Å²) in [4.78, 5) is 26.4. The number of fused-ring (bicyclic) bond motifs is 1. The molecule has 3 atom stereocenters. The van der Waals surface area contributed by atoms with Gasteiger partial charge in [-0.25, -0.2) is 4.79 Å². The van der Waals surface area contributed by atoms with E-state index in [0.717, 1.165) is 41.7 Å². The Balaban J connectivity index is 0. The summed E-state index contributed by atoms with van der Waals surface area (Å²) in [5.74, 6) is 2.08. The van der Waals surface area contributed by atoms with Crippen molar-refractivity contribution in [2.45, 2.75) is 117 Å². The largest absolute Gasteiger partial charge is 0.508 e. The molecule has 2 saturated heterocycles. The first kappa shape index (κ1) is 44.1. The third-order valence-corrected chi connectivity index (χ3v) is 9.21. The number of nitrogens with zero attached hydrogens (tertiary/aromatic N) is 1. The van der Waals surface area contributed by atoms with Gasteiger partial charge in [0.2, 0.25) is 0 Å². The van der Waals surface area contributed by atoms with Gasteiger partial charge in [-0.3, -0.25) is 9.78 Å². The van der Waals surface area contributed by atoms with E-state index in [1.165, 1.54) is 0 Å². The average molecular weight is 670 g/mol. The second-order valence-electron chi connectivity index (χ2n) is 11.3. The molecule has 2 aromatic rings. The molecule has 2 aliphatic heterocycles. The number of phenols is 1. The van der Waals surface area contributed by atoms with Crippen LogP contribution in [0.4, 0.5) is 4.79 Å². The Hall–Kier alpha value is -2.04. The maximum absolute atomic E-state index is 11.4. The van der Waals surface area contributed by atoms with Gasteiger partial charge in [-0.2, -0.15) is 11.8 Å². The molecule has 1 aromatic heterocycles. The minimum atomic E-state index is -0.109. The Morgan fingerprint density at radius 2 is 1.64 bits per heavy atom. The number of phenolic OH excluding ortho intramolecular Hbond substituents is 1. The molecule has 2 aliphatic rings. The smallest absolute Gasteiger partial charge is 0.315 e. The van der Waals surface area contributed by atoms with Crippen molar-refractivity contribution in [1.29, 1.82) is 0 Å². The van der Waals surface area contributed by atoms with E-state index in [4.69, 9.17) is 9.84 Å². The van der Waals surface area contributed by atoms with Crippen molar-refractivity contribution in [3.05, 3.63) is 60.4 Å². The van der Waals surface area contributed by atoms with Crippen molar-refractivity contribution in [1.82, 2.24) is 15.6 Å². The van der Waals surface area contributed by atoms with E-state index in [9.17, 15) is 9.59 Å². The number of hydrogen-bond acceptors (Lipinski definition) is 8. The summed E-state index contributed by atoms with van der Waals surface area (Å²) < 4.78 is 5.09. The maximum atomic E-state index is 11.4. The van der Waals surface area contributed by atoms with Gasteiger partial charge in [0, 0.05) is 35.1 Å². The molecular formula is C34H59N3O4S3. The van der Waals surface area contributed by atoms with Gasteiger partial charge in [0.05, 0.1) is 18.2 Å². The van der Waals surface area contributed by atoms with Crippen LogP contribution in [0, 0.1) is 12.8 Å². The van der Waals surface area contributed by atoms with Crippen LogP contribution in [0.1, 0.15) is 87.1 Å². The summed E-state index contributed by atoms with van der Waals surface area (Å²) in [6.07, 6.45) is 8.98. The predicted molar refractivity (Wildman–Crippen MR) is 196 cm³/mol. The van der Waals surface area contributed by atoms with Crippen molar-refractivity contribution in [3.8, 4) is 5.75 Å². The van der Waals surface area contributed by atoms with Crippen molar-refractivity contribution in [2.75, 3.05) is 12.0 Å². The first-order chi connectivity index (χ1) is 20.4. The van der Waals surface area contributed by atoms with Crippen LogP contribution in [-0.2, 0) is 9.53 Å². The summed E-state index contributed by atoms with van der Waals surface area (Å²) in [7, 11) is 3.73. The number of rotatable bonds is 8. The zero-order valence-corrected chi connectivity index (χ0v) is 30.0. The van der Waals surface area contributed by atoms with Crippen LogP contribution < -0.4 is 10.6 Å². The number of esters is 1. The highest BCUT2D eigenvalue weighted by Crippen LogP contribution is 2.33. The van der Waals surface area contributed by atoms with Crippen molar-refractivity contribution in [2.24, 2.45) is 5.92 Å². The highest BCUT2D eigenvalue weighted by Gasteiger charge is 2.42. The molecule has 0 spiro atoms. The number of pyridine rings is 1. The highest BCUT2D eigenvalue weighted by molar-refractivity contribution is 8.76. The van der Waals surface area contributed by atoms with E-state index in [1.807, 2.05) is 90.5 Å². The lowest BCUT2D eigenvalue weighted by atomic mass is 10.0. The molecule has 0 saturated carbocycles. The summed E-state index contributed by atoms with van der Waals surface area (Å²) in [5.41, 5.74) is 0.924. The number of benzene rings is 1. The van der Waals surface area contributed by atoms with Crippen molar-refractivity contribution in [3.63, 3.8) is 0 Å². The predicted octanol–water partition coefficient (Wildman–Crippen LogP) is 9.15. The number of ether oxygens (including phenoxy) is 1. The van der Waals surface area contributed by atoms with Gasteiger partial charge in [0.1, 0.15) is 5.75 Å². The number of aromatic nitrogens is 1. The minimum absolute atomic E-state index is 0. The molecule has 3 heterocycles. The summed E-state index contributed by atoms with van der Waals surface area (Å²) in [5, 5.41) is 16.1. The Bertz CT molecular complexity index is 931. The lowest BCUT2D eigenvalue weighted by molar-refractivity contribution is -0.147. The molecule has 0 unspecified atom stereocenters. The summed E-state index contributed by atoms with van der Waals surface area (Å²) >= 11 is 1.91. The number of aryl methyl sites for hydroxylation is 1. The number of thioether (sulfide) groups is 1. The Morgan fingerprint density at radius 3 is 2.05 bits per heavy atom. The Labute approximate surface area is 280 Å². The second kappa shape index (κ2) is 27.3. The van der Waals surface area contributed by atoms with Gasteiger partial charge in [0.15, 0.2) is 0 Å². The van der Waals surface area contributed by atoms with Gasteiger partial charge >= 0.3 is 12.0 Å². The molecule has 3 N–H and O–H groups in total. The number of unbranched alkanes of at least 4 members (excludes halogenated alkanes) is 1. The van der Waals surface area contributed by atoms with Crippen LogP contribution in [0.15, 0.2) is 54.9 Å². The zero-order chi connectivity index (χ0) is 32.6. The monoisotopic (exact) mass is 669 g/mol. The number of carbonyl (C=O) groups is 2. The van der Waals surface area contributed by atoms with Gasteiger partial charge in [-0.15, -0.1) is 0 Å². The first-order valence-corrected chi connectivity index (χ1v) is 18.7. The van der Waals surface area contributed by atoms with Gasteiger partial charge in [-0.05, 0) is 69.5 Å². The van der Waals surface area contributed by atoms with Crippen LogP contribution in [0.3, 0.4) is 0 Å². The van der Waals surface area contributed by atoms with E-state index >= 15 is 0 Å². The first-order valence-electron chi connectivity index (χ1n) is 15.0. The number of nitrogens with one attached hydrogen (secondary N) is 2. The number of aromatic hydroxyl groups is 1. The SMILES string of the molecule is C.CC(C)C.CC(C)OC(=O)CCCC[C@@H]1SC[C@@H]2NC(=O)N[C@@H]21.CSSC(C)C.Cc1ccccc1O.c1ccncc1. The van der Waals surface area contributed by atoms with Crippen LogP contribution in [0.5, 0.6) is 5.75 Å². The van der Waals surface area contributed by atoms with Crippen LogP contribution in [-0.4, -0.2) is 62.8 Å². The van der Waals surface area contributed by atoms with Crippen LogP contribution in [0.2, 0.25) is 0 Å².